The van der Waals surface area contributed by atoms with Gasteiger partial charge in [0, 0.05) is 43.6 Å². The van der Waals surface area contributed by atoms with Crippen LogP contribution in [0.3, 0.4) is 0 Å². The molecule has 0 amide bonds. The van der Waals surface area contributed by atoms with E-state index in [4.69, 9.17) is 14.5 Å². The lowest BCUT2D eigenvalue weighted by Crippen LogP contribution is -2.40. The fourth-order valence-corrected chi connectivity index (χ4v) is 5.83. The monoisotopic (exact) mass is 534 g/mol. The molecule has 2 aromatic heterocycles. The van der Waals surface area contributed by atoms with Crippen molar-refractivity contribution in [1.29, 1.82) is 0 Å². The molecule has 2 N–H and O–H groups in total. The topological polar surface area (TPSA) is 98.2 Å². The van der Waals surface area contributed by atoms with Crippen LogP contribution in [0.25, 0.3) is 22.4 Å². The van der Waals surface area contributed by atoms with Gasteiger partial charge in [0.05, 0.1) is 11.0 Å². The van der Waals surface area contributed by atoms with Crippen LogP contribution in [-0.2, 0) is 27.4 Å². The van der Waals surface area contributed by atoms with Crippen molar-refractivity contribution in [3.63, 3.8) is 0 Å². The van der Waals surface area contributed by atoms with Crippen LogP contribution in [0.2, 0.25) is 0 Å². The fraction of sp³-hybridized carbons (Fsp3) is 0.581. The molecule has 210 valence electrons. The summed E-state index contributed by atoms with van der Waals surface area (Å²) in [5.41, 5.74) is 4.57. The first-order valence-corrected chi connectivity index (χ1v) is 14.6. The summed E-state index contributed by atoms with van der Waals surface area (Å²) in [6, 6.07) is 7.91. The predicted octanol–water partition coefficient (Wildman–Crippen LogP) is 5.12. The van der Waals surface area contributed by atoms with Gasteiger partial charge < -0.3 is 24.3 Å². The first-order valence-electron chi connectivity index (χ1n) is 14.6. The molecule has 3 aromatic rings. The maximum atomic E-state index is 13.0. The number of aromatic nitrogens is 3. The number of rotatable bonds is 10. The minimum absolute atomic E-state index is 0.0693. The summed E-state index contributed by atoms with van der Waals surface area (Å²) in [5.74, 6) is 1.61. The minimum atomic E-state index is -0.326. The second-order valence-corrected chi connectivity index (χ2v) is 11.7. The van der Waals surface area contributed by atoms with E-state index >= 15 is 0 Å². The van der Waals surface area contributed by atoms with E-state index < -0.39 is 0 Å². The van der Waals surface area contributed by atoms with Crippen LogP contribution in [0.1, 0.15) is 69.9 Å². The van der Waals surface area contributed by atoms with E-state index in [0.29, 0.717) is 23.9 Å². The van der Waals surface area contributed by atoms with E-state index in [9.17, 15) is 9.59 Å². The maximum Gasteiger partial charge on any atom is 0.323 e. The molecule has 1 saturated carbocycles. The molecule has 3 heterocycles. The number of nitrogens with one attached hydrogen (secondary N) is 2. The molecular weight excluding hydrogens is 492 g/mol. The largest absolute Gasteiger partial charge is 0.461 e. The highest BCUT2D eigenvalue weighted by molar-refractivity contribution is 5.81. The summed E-state index contributed by atoms with van der Waals surface area (Å²) in [4.78, 5) is 32.9. The van der Waals surface area contributed by atoms with Gasteiger partial charge in [0.2, 0.25) is 0 Å². The van der Waals surface area contributed by atoms with Crippen molar-refractivity contribution in [1.82, 2.24) is 19.9 Å². The van der Waals surface area contributed by atoms with Gasteiger partial charge in [-0.05, 0) is 87.5 Å². The van der Waals surface area contributed by atoms with Crippen LogP contribution >= 0.6 is 0 Å². The average molecular weight is 535 g/mol. The summed E-state index contributed by atoms with van der Waals surface area (Å²) < 4.78 is 13.8. The Morgan fingerprint density at radius 1 is 1.18 bits per heavy atom. The molecule has 0 unspecified atom stereocenters. The van der Waals surface area contributed by atoms with E-state index in [0.717, 1.165) is 92.7 Å². The maximum absolute atomic E-state index is 13.0. The lowest BCUT2D eigenvalue weighted by Gasteiger charge is -2.24. The first-order chi connectivity index (χ1) is 18.9. The molecule has 1 aliphatic heterocycles. The van der Waals surface area contributed by atoms with E-state index in [1.54, 1.807) is 6.20 Å². The third kappa shape index (κ3) is 6.79. The summed E-state index contributed by atoms with van der Waals surface area (Å²) in [7, 11) is 0. The highest BCUT2D eigenvalue weighted by Gasteiger charge is 2.26. The Kier molecular flexibility index (Phi) is 8.82. The number of ether oxygens (including phenoxy) is 2. The normalized spacial score (nSPS) is 17.7. The lowest BCUT2D eigenvalue weighted by molar-refractivity contribution is -0.151. The smallest absolute Gasteiger partial charge is 0.323 e. The van der Waals surface area contributed by atoms with E-state index in [-0.39, 0.29) is 23.7 Å². The molecule has 5 rings (SSSR count). The minimum Gasteiger partial charge on any atom is -0.461 e. The molecule has 2 fully saturated rings. The number of fused-ring (bicyclic) bond motifs is 1. The Morgan fingerprint density at radius 3 is 2.67 bits per heavy atom. The van der Waals surface area contributed by atoms with Gasteiger partial charge >= 0.3 is 5.97 Å². The summed E-state index contributed by atoms with van der Waals surface area (Å²) in [6.07, 6.45) is 8.84. The zero-order valence-corrected chi connectivity index (χ0v) is 23.5. The van der Waals surface area contributed by atoms with Crippen molar-refractivity contribution < 1.29 is 14.3 Å². The number of imidazole rings is 1. The molecule has 1 saturated heterocycles. The highest BCUT2D eigenvalue weighted by atomic mass is 16.5. The molecule has 1 atom stereocenters. The summed E-state index contributed by atoms with van der Waals surface area (Å²) in [5, 5.41) is 3.50. The number of esters is 1. The number of hydrogen-bond acceptors (Lipinski definition) is 6. The van der Waals surface area contributed by atoms with Crippen molar-refractivity contribution in [2.45, 2.75) is 91.0 Å². The van der Waals surface area contributed by atoms with Crippen molar-refractivity contribution >= 4 is 17.0 Å². The molecular formula is C31H42N4O4. The standard InChI is InChI=1S/C31H42N4O4/c1-20(2)14-27(31(37)39-25-6-4-5-7-25)32-17-23-8-9-26-28(16-23)35(19-22-10-12-38-13-11-22)29(34-26)24-15-21(3)30(36)33-18-24/h8-9,15-16,18,20,22,25,27,32H,4-7,10-14,17,19H2,1-3H3,(H,33,36)/t27-/m0/s1. The molecule has 8 nitrogen and oxygen atoms in total. The number of aromatic amines is 1. The summed E-state index contributed by atoms with van der Waals surface area (Å²) >= 11 is 0. The third-order valence-electron chi connectivity index (χ3n) is 8.07. The highest BCUT2D eigenvalue weighted by Crippen LogP contribution is 2.29. The van der Waals surface area contributed by atoms with Crippen LogP contribution in [0, 0.1) is 18.8 Å². The predicted molar refractivity (Wildman–Crippen MR) is 153 cm³/mol. The van der Waals surface area contributed by atoms with E-state index in [2.05, 4.69) is 46.9 Å². The first kappa shape index (κ1) is 27.6. The van der Waals surface area contributed by atoms with E-state index in [1.807, 2.05) is 13.0 Å². The lowest BCUT2D eigenvalue weighted by atomic mass is 10.00. The van der Waals surface area contributed by atoms with Gasteiger partial charge in [-0.2, -0.15) is 0 Å². The molecule has 0 bridgehead atoms. The van der Waals surface area contributed by atoms with Gasteiger partial charge in [0.25, 0.3) is 5.56 Å². The third-order valence-corrected chi connectivity index (χ3v) is 8.07. The van der Waals surface area contributed by atoms with Crippen LogP contribution in [0.4, 0.5) is 0 Å². The van der Waals surface area contributed by atoms with Crippen molar-refractivity contribution in [2.24, 2.45) is 11.8 Å². The second-order valence-electron chi connectivity index (χ2n) is 11.7. The summed E-state index contributed by atoms with van der Waals surface area (Å²) in [6.45, 7) is 9.08. The van der Waals surface area contributed by atoms with E-state index in [1.165, 1.54) is 0 Å². The van der Waals surface area contributed by atoms with Crippen LogP contribution < -0.4 is 10.9 Å². The molecule has 1 aliphatic carbocycles. The van der Waals surface area contributed by atoms with Crippen LogP contribution in [0.15, 0.2) is 35.3 Å². The molecule has 39 heavy (non-hydrogen) atoms. The van der Waals surface area contributed by atoms with Gasteiger partial charge in [-0.25, -0.2) is 4.98 Å². The average Bonchev–Trinajstić information content (AvgIpc) is 3.56. The van der Waals surface area contributed by atoms with Gasteiger partial charge in [-0.1, -0.05) is 19.9 Å². The Bertz CT molecular complexity index is 1330. The Hall–Kier alpha value is -2.97. The van der Waals surface area contributed by atoms with Crippen molar-refractivity contribution in [3.8, 4) is 11.4 Å². The number of nitrogens with zero attached hydrogens (tertiary/aromatic N) is 2. The quantitative estimate of drug-likeness (QED) is 0.351. The number of benzene rings is 1. The number of pyridine rings is 1. The SMILES string of the molecule is Cc1cc(-c2nc3ccc(CN[C@@H](CC(C)C)C(=O)OC4CCCC4)cc3n2CC2CCOCC2)c[nH]c1=O. The molecule has 2 aliphatic rings. The number of hydrogen-bond donors (Lipinski definition) is 2. The Morgan fingerprint density at radius 2 is 1.95 bits per heavy atom. The Labute approximate surface area is 230 Å². The van der Waals surface area contributed by atoms with Crippen molar-refractivity contribution in [3.05, 3.63) is 51.9 Å². The second kappa shape index (κ2) is 12.5. The van der Waals surface area contributed by atoms with Gasteiger partial charge in [-0.3, -0.25) is 9.59 Å². The molecule has 1 aromatic carbocycles. The zero-order valence-electron chi connectivity index (χ0n) is 23.5. The molecule has 0 spiro atoms. The number of carbonyl (C=O) groups excluding carboxylic acids is 1. The Balaban J connectivity index is 1.41. The van der Waals surface area contributed by atoms with Gasteiger partial charge in [0.1, 0.15) is 18.0 Å². The van der Waals surface area contributed by atoms with Crippen molar-refractivity contribution in [2.75, 3.05) is 13.2 Å². The fourth-order valence-electron chi connectivity index (χ4n) is 5.83. The van der Waals surface area contributed by atoms with Gasteiger partial charge in [0.15, 0.2) is 0 Å². The number of carbonyl (C=O) groups is 1. The zero-order chi connectivity index (χ0) is 27.4. The molecule has 8 heteroatoms. The number of H-pyrrole nitrogens is 1. The molecule has 0 radical (unpaired) electrons. The van der Waals surface area contributed by atoms with Gasteiger partial charge in [-0.15, -0.1) is 0 Å². The number of aryl methyl sites for hydroxylation is 1. The van der Waals surface area contributed by atoms with Crippen LogP contribution in [-0.4, -0.2) is 45.9 Å². The van der Waals surface area contributed by atoms with Crippen LogP contribution in [0.5, 0.6) is 0 Å².